The van der Waals surface area contributed by atoms with Crippen LogP contribution in [0.1, 0.15) is 103 Å². The van der Waals surface area contributed by atoms with E-state index in [1.165, 1.54) is 18.2 Å². The van der Waals surface area contributed by atoms with Crippen LogP contribution in [0.2, 0.25) is 0 Å². The number of esters is 1. The standard InChI is InChI=1S/C55H62FN9O12/c1-3-55(75)37-23-42-51-35(28-65(42)53(73)36(37)29-76-54(55)74)50-41(14-13-34-31(2)38(56)24-39(62-51)49(34)50)63-20-17-33(18-21-63)77-30-60-45(68)26-59-52(72)40(22-32-10-6-4-7-11-32)61-46(69)27-58-44(67)25-57-43(66)12-8-5-9-19-64-47(70)15-16-48(64)71/h4,6-7,10-11,15-16,23-24,33,40-41,75H,3,5,8-9,12-14,17-22,25-30H2,1-2H3,(H,57,66)(H,58,67)(H,59,72)(H,60,68)(H,61,69)/t40-,41-,55-/m0/s1. The number of cyclic esters (lactones) is 1. The maximum atomic E-state index is 15.5. The molecule has 6 heterocycles. The SMILES string of the molecule is CC[C@@]1(O)C(=O)OCc2c1cc1n(c2=O)Cc2c-1nc1cc(F)c(C)c3c1c2[C@@H](N1CCC(OCNC(=O)CNC(=O)[C@H](Cc2ccccc2)NC(=O)CNC(=O)CNC(=O)CCCCCN2C(=O)C=CC2=O)CC1)CC3. The van der Waals surface area contributed by atoms with Gasteiger partial charge >= 0.3 is 5.97 Å². The molecule has 0 unspecified atom stereocenters. The molecule has 4 aromatic rings. The quantitative estimate of drug-likeness (QED) is 0.0264. The summed E-state index contributed by atoms with van der Waals surface area (Å²) in [4.78, 5) is 123. The van der Waals surface area contributed by atoms with Crippen LogP contribution in [0.3, 0.4) is 0 Å². The number of halogens is 1. The van der Waals surface area contributed by atoms with E-state index in [1.807, 2.05) is 0 Å². The molecule has 21 nitrogen and oxygen atoms in total. The van der Waals surface area contributed by atoms with Crippen LogP contribution in [0.4, 0.5) is 4.39 Å². The minimum Gasteiger partial charge on any atom is -0.458 e. The Morgan fingerprint density at radius 3 is 2.30 bits per heavy atom. The molecular weight excluding hydrogens is 998 g/mol. The van der Waals surface area contributed by atoms with E-state index in [4.69, 9.17) is 14.5 Å². The smallest absolute Gasteiger partial charge is 0.343 e. The molecule has 1 fully saturated rings. The number of amides is 7. The molecule has 77 heavy (non-hydrogen) atoms. The van der Waals surface area contributed by atoms with Crippen LogP contribution in [-0.4, -0.2) is 130 Å². The second-order valence-corrected chi connectivity index (χ2v) is 20.1. The number of hydrogen-bond acceptors (Lipinski definition) is 14. The summed E-state index contributed by atoms with van der Waals surface area (Å²) in [6.07, 6.45) is 6.64. The molecule has 2 aromatic heterocycles. The number of fused-ring (bicyclic) bond motifs is 5. The Kier molecular flexibility index (Phi) is 16.4. The van der Waals surface area contributed by atoms with E-state index in [-0.39, 0.29) is 105 Å². The molecule has 9 rings (SSSR count). The number of ether oxygens (including phenoxy) is 2. The van der Waals surface area contributed by atoms with Gasteiger partial charge in [-0.15, -0.1) is 0 Å². The first-order valence-corrected chi connectivity index (χ1v) is 26.2. The number of piperidine rings is 1. The van der Waals surface area contributed by atoms with Crippen LogP contribution in [0, 0.1) is 12.7 Å². The van der Waals surface area contributed by atoms with Crippen LogP contribution in [0.25, 0.3) is 22.3 Å². The highest BCUT2D eigenvalue weighted by atomic mass is 19.1. The molecule has 0 spiro atoms. The maximum absolute atomic E-state index is 15.5. The number of likely N-dealkylation sites (tertiary alicyclic amines) is 1. The fraction of sp³-hybridized carbons (Fsp3) is 0.455. The van der Waals surface area contributed by atoms with Gasteiger partial charge in [0.2, 0.25) is 29.5 Å². The average Bonchev–Trinajstić information content (AvgIpc) is 4.03. The first-order valence-electron chi connectivity index (χ1n) is 26.2. The molecule has 1 aliphatic carbocycles. The second kappa shape index (κ2) is 23.3. The van der Waals surface area contributed by atoms with Crippen molar-refractivity contribution in [1.82, 2.24) is 45.9 Å². The number of imide groups is 1. The van der Waals surface area contributed by atoms with Crippen molar-refractivity contribution in [3.63, 3.8) is 0 Å². The molecule has 0 saturated carbocycles. The normalized spacial score (nSPS) is 19.0. The first-order chi connectivity index (χ1) is 37.0. The summed E-state index contributed by atoms with van der Waals surface area (Å²) in [5, 5.41) is 25.1. The molecular formula is C55H62FN9O12. The van der Waals surface area contributed by atoms with Gasteiger partial charge in [-0.1, -0.05) is 43.7 Å². The number of aliphatic hydroxyl groups is 1. The van der Waals surface area contributed by atoms with Crippen molar-refractivity contribution in [2.24, 2.45) is 0 Å². The van der Waals surface area contributed by atoms with Crippen molar-refractivity contribution in [1.29, 1.82) is 0 Å². The molecule has 5 aliphatic rings. The molecule has 0 radical (unpaired) electrons. The Bertz CT molecular complexity index is 3120. The minimum absolute atomic E-state index is 0.00444. The molecule has 0 bridgehead atoms. The number of nitrogens with zero attached hydrogens (tertiary/aromatic N) is 4. The Labute approximate surface area is 442 Å². The van der Waals surface area contributed by atoms with Crippen molar-refractivity contribution in [3.8, 4) is 11.4 Å². The number of aromatic nitrogens is 2. The van der Waals surface area contributed by atoms with Crippen LogP contribution < -0.4 is 32.1 Å². The van der Waals surface area contributed by atoms with Gasteiger partial charge in [-0.2, -0.15) is 0 Å². The number of nitrogens with one attached hydrogen (secondary N) is 5. The van der Waals surface area contributed by atoms with Gasteiger partial charge in [0.05, 0.1) is 54.8 Å². The van der Waals surface area contributed by atoms with E-state index in [0.717, 1.165) is 32.5 Å². The summed E-state index contributed by atoms with van der Waals surface area (Å²) in [6, 6.07) is 10.8. The monoisotopic (exact) mass is 1060 g/mol. The highest BCUT2D eigenvalue weighted by molar-refractivity contribution is 6.12. The molecule has 4 aliphatic heterocycles. The zero-order chi connectivity index (χ0) is 54.5. The number of aryl methyl sites for hydroxylation is 1. The van der Waals surface area contributed by atoms with E-state index in [2.05, 4.69) is 31.5 Å². The fourth-order valence-electron chi connectivity index (χ4n) is 11.0. The summed E-state index contributed by atoms with van der Waals surface area (Å²) in [6.45, 7) is 3.54. The van der Waals surface area contributed by atoms with Crippen molar-refractivity contribution in [2.75, 3.05) is 46.0 Å². The summed E-state index contributed by atoms with van der Waals surface area (Å²) >= 11 is 0. The average molecular weight is 1060 g/mol. The number of pyridine rings is 2. The molecule has 6 N–H and O–H groups in total. The number of benzene rings is 2. The second-order valence-electron chi connectivity index (χ2n) is 20.1. The molecule has 7 amide bonds. The van der Waals surface area contributed by atoms with E-state index >= 15 is 4.39 Å². The summed E-state index contributed by atoms with van der Waals surface area (Å²) in [5.41, 5.74) is 3.54. The first kappa shape index (κ1) is 54.1. The van der Waals surface area contributed by atoms with Crippen LogP contribution in [0.15, 0.2) is 59.4 Å². The third-order valence-electron chi connectivity index (χ3n) is 15.3. The van der Waals surface area contributed by atoms with Crippen molar-refractivity contribution in [3.05, 3.63) is 110 Å². The molecule has 3 atom stereocenters. The number of carbonyl (C=O) groups is 8. The number of rotatable bonds is 21. The lowest BCUT2D eigenvalue weighted by atomic mass is 9.80. The van der Waals surface area contributed by atoms with Gasteiger partial charge in [0.1, 0.15) is 25.2 Å². The van der Waals surface area contributed by atoms with Gasteiger partial charge < -0.3 is 45.7 Å². The Morgan fingerprint density at radius 2 is 1.56 bits per heavy atom. The van der Waals surface area contributed by atoms with E-state index in [0.29, 0.717) is 80.5 Å². The van der Waals surface area contributed by atoms with Gasteiger partial charge in [-0.3, -0.25) is 48.2 Å². The summed E-state index contributed by atoms with van der Waals surface area (Å²) in [7, 11) is 0. The fourth-order valence-corrected chi connectivity index (χ4v) is 11.0. The third-order valence-corrected chi connectivity index (χ3v) is 15.3. The van der Waals surface area contributed by atoms with Gasteiger partial charge in [-0.25, -0.2) is 14.2 Å². The van der Waals surface area contributed by atoms with Crippen LogP contribution in [0.5, 0.6) is 0 Å². The zero-order valence-electron chi connectivity index (χ0n) is 43.0. The lowest BCUT2D eigenvalue weighted by Gasteiger charge is -2.41. The Morgan fingerprint density at radius 1 is 0.857 bits per heavy atom. The van der Waals surface area contributed by atoms with Gasteiger partial charge in [-0.05, 0) is 80.2 Å². The molecule has 2 aromatic carbocycles. The summed E-state index contributed by atoms with van der Waals surface area (Å²) in [5.74, 6) is -4.74. The van der Waals surface area contributed by atoms with E-state index in [9.17, 15) is 48.3 Å². The van der Waals surface area contributed by atoms with Crippen LogP contribution in [-0.2, 0) is 79.4 Å². The number of hydrogen-bond donors (Lipinski definition) is 6. The number of unbranched alkanes of at least 4 members (excludes halogenated alkanes) is 2. The topological polar surface area (TPSA) is 277 Å². The molecule has 1 saturated heterocycles. The Balaban J connectivity index is 0.741. The molecule has 406 valence electrons. The van der Waals surface area contributed by atoms with Gasteiger partial charge in [0.15, 0.2) is 5.60 Å². The predicted octanol–water partition coefficient (Wildman–Crippen LogP) is 1.63. The Hall–Kier alpha value is -7.69. The largest absolute Gasteiger partial charge is 0.458 e. The highest BCUT2D eigenvalue weighted by Gasteiger charge is 2.46. The van der Waals surface area contributed by atoms with Crippen LogP contribution >= 0.6 is 0 Å². The lowest BCUT2D eigenvalue weighted by Crippen LogP contribution is -2.52. The van der Waals surface area contributed by atoms with Crippen molar-refractivity contribution >= 4 is 58.2 Å². The highest BCUT2D eigenvalue weighted by Crippen LogP contribution is 2.48. The van der Waals surface area contributed by atoms with E-state index in [1.54, 1.807) is 54.8 Å². The lowest BCUT2D eigenvalue weighted by molar-refractivity contribution is -0.172. The number of carbonyl (C=O) groups excluding carboxylic acids is 8. The minimum atomic E-state index is -1.99. The third kappa shape index (κ3) is 11.5. The zero-order valence-corrected chi connectivity index (χ0v) is 43.0. The van der Waals surface area contributed by atoms with Gasteiger partial charge in [0, 0.05) is 73.2 Å². The van der Waals surface area contributed by atoms with E-state index < -0.39 is 54.3 Å². The molecule has 22 heteroatoms. The predicted molar refractivity (Wildman–Crippen MR) is 274 cm³/mol. The maximum Gasteiger partial charge on any atom is 0.343 e. The van der Waals surface area contributed by atoms with Crippen molar-refractivity contribution in [2.45, 2.75) is 115 Å². The van der Waals surface area contributed by atoms with Crippen molar-refractivity contribution < 1.29 is 57.3 Å². The summed E-state index contributed by atoms with van der Waals surface area (Å²) < 4.78 is 28.5. The van der Waals surface area contributed by atoms with Gasteiger partial charge in [0.25, 0.3) is 17.4 Å².